The summed E-state index contributed by atoms with van der Waals surface area (Å²) >= 11 is 6.50. The van der Waals surface area contributed by atoms with Gasteiger partial charge in [0.2, 0.25) is 0 Å². The van der Waals surface area contributed by atoms with E-state index in [1.807, 2.05) is 13.8 Å². The van der Waals surface area contributed by atoms with E-state index in [0.29, 0.717) is 39.8 Å². The van der Waals surface area contributed by atoms with Gasteiger partial charge in [-0.05, 0) is 51.6 Å². The van der Waals surface area contributed by atoms with Crippen molar-refractivity contribution in [3.05, 3.63) is 22.5 Å². The number of nitrogens with one attached hydrogen (secondary N) is 1. The molecule has 2 aromatic rings. The van der Waals surface area contributed by atoms with Crippen LogP contribution < -0.4 is 5.32 Å². The molecule has 0 bridgehead atoms. The Labute approximate surface area is 177 Å². The maximum Gasteiger partial charge on any atom is 0.257 e. The van der Waals surface area contributed by atoms with Gasteiger partial charge in [0.25, 0.3) is 5.91 Å². The predicted octanol–water partition coefficient (Wildman–Crippen LogP) is 4.15. The third-order valence-electron chi connectivity index (χ3n) is 5.31. The first-order chi connectivity index (χ1) is 13.7. The van der Waals surface area contributed by atoms with Gasteiger partial charge in [-0.2, -0.15) is 5.10 Å². The molecule has 1 aliphatic rings. The van der Waals surface area contributed by atoms with Crippen LogP contribution in [0.5, 0.6) is 0 Å². The average Bonchev–Trinajstić information content (AvgIpc) is 3.22. The lowest BCUT2D eigenvalue weighted by atomic mass is 9.91. The Morgan fingerprint density at radius 3 is 2.79 bits per heavy atom. The summed E-state index contributed by atoms with van der Waals surface area (Å²) in [5.74, 6) is 0.461. The zero-order valence-corrected chi connectivity index (χ0v) is 18.8. The number of likely N-dealkylation sites (tertiary alicyclic amines) is 1. The second-order valence-corrected chi connectivity index (χ2v) is 9.43. The first-order valence-corrected chi connectivity index (χ1v) is 10.8. The highest BCUT2D eigenvalue weighted by molar-refractivity contribution is 6.33. The van der Waals surface area contributed by atoms with Gasteiger partial charge in [0.15, 0.2) is 0 Å². The van der Waals surface area contributed by atoms with Crippen molar-refractivity contribution in [1.82, 2.24) is 25.2 Å². The molecular weight excluding hydrogens is 390 g/mol. The van der Waals surface area contributed by atoms with E-state index in [2.05, 4.69) is 41.2 Å². The first-order valence-electron chi connectivity index (χ1n) is 10.4. The highest BCUT2D eigenvalue weighted by Gasteiger charge is 2.29. The molecule has 1 aliphatic heterocycles. The van der Waals surface area contributed by atoms with Gasteiger partial charge in [0, 0.05) is 25.2 Å². The van der Waals surface area contributed by atoms with Crippen LogP contribution in [0.15, 0.2) is 10.6 Å². The minimum atomic E-state index is -0.201. The van der Waals surface area contributed by atoms with Crippen LogP contribution in [0.3, 0.4) is 0 Å². The van der Waals surface area contributed by atoms with E-state index in [4.69, 9.17) is 16.1 Å². The Morgan fingerprint density at radius 1 is 1.41 bits per heavy atom. The molecule has 1 N–H and O–H groups in total. The van der Waals surface area contributed by atoms with Gasteiger partial charge >= 0.3 is 0 Å². The van der Waals surface area contributed by atoms with Crippen LogP contribution in [0, 0.1) is 12.3 Å². The highest BCUT2D eigenvalue weighted by Crippen LogP contribution is 2.29. The Balaban J connectivity index is 1.74. The first kappa shape index (κ1) is 21.8. The van der Waals surface area contributed by atoms with E-state index in [1.165, 1.54) is 0 Å². The van der Waals surface area contributed by atoms with Crippen molar-refractivity contribution in [2.75, 3.05) is 19.6 Å². The maximum atomic E-state index is 13.2. The van der Waals surface area contributed by atoms with Crippen molar-refractivity contribution >= 4 is 17.5 Å². The molecule has 0 aromatic carbocycles. The van der Waals surface area contributed by atoms with Crippen molar-refractivity contribution in [2.45, 2.75) is 66.5 Å². The second-order valence-electron chi connectivity index (χ2n) is 9.08. The van der Waals surface area contributed by atoms with E-state index in [1.54, 1.807) is 10.7 Å². The third-order valence-corrected chi connectivity index (χ3v) is 5.69. The number of aromatic nitrogens is 3. The summed E-state index contributed by atoms with van der Waals surface area (Å²) < 4.78 is 6.79. The maximum absolute atomic E-state index is 13.2. The van der Waals surface area contributed by atoms with Crippen molar-refractivity contribution in [3.8, 4) is 11.4 Å². The smallest absolute Gasteiger partial charge is 0.257 e. The summed E-state index contributed by atoms with van der Waals surface area (Å²) in [6.45, 7) is 14.1. The monoisotopic (exact) mass is 421 g/mol. The SMILES string of the molecule is CCn1nc(-c2cc(C)on2)c(C(=O)NC2CCCN(CCC(C)(C)C)C2)c1Cl. The van der Waals surface area contributed by atoms with Gasteiger partial charge in [-0.25, -0.2) is 0 Å². The van der Waals surface area contributed by atoms with Crippen LogP contribution in [0.2, 0.25) is 5.15 Å². The molecule has 160 valence electrons. The van der Waals surface area contributed by atoms with Gasteiger partial charge in [-0.15, -0.1) is 0 Å². The largest absolute Gasteiger partial charge is 0.361 e. The fourth-order valence-corrected chi connectivity index (χ4v) is 3.97. The fourth-order valence-electron chi connectivity index (χ4n) is 3.64. The van der Waals surface area contributed by atoms with Gasteiger partial charge in [0.05, 0.1) is 0 Å². The summed E-state index contributed by atoms with van der Waals surface area (Å²) in [7, 11) is 0. The Hall–Kier alpha value is -1.86. The summed E-state index contributed by atoms with van der Waals surface area (Å²) in [4.78, 5) is 15.6. The van der Waals surface area contributed by atoms with E-state index in [-0.39, 0.29) is 11.9 Å². The molecule has 3 heterocycles. The summed E-state index contributed by atoms with van der Waals surface area (Å²) in [5.41, 5.74) is 1.67. The average molecular weight is 422 g/mol. The summed E-state index contributed by atoms with van der Waals surface area (Å²) in [5, 5.41) is 12.0. The highest BCUT2D eigenvalue weighted by atomic mass is 35.5. The number of amides is 1. The van der Waals surface area contributed by atoms with Gasteiger partial charge < -0.3 is 14.7 Å². The number of aryl methyl sites for hydroxylation is 2. The normalized spacial score (nSPS) is 18.2. The predicted molar refractivity (Wildman–Crippen MR) is 114 cm³/mol. The molecule has 2 aromatic heterocycles. The Morgan fingerprint density at radius 2 is 2.17 bits per heavy atom. The molecule has 1 saturated heterocycles. The number of rotatable bonds is 6. The number of carbonyl (C=O) groups excluding carboxylic acids is 1. The molecule has 1 fully saturated rings. The molecule has 29 heavy (non-hydrogen) atoms. The van der Waals surface area contributed by atoms with Crippen molar-refractivity contribution in [3.63, 3.8) is 0 Å². The van der Waals surface area contributed by atoms with E-state index in [9.17, 15) is 4.79 Å². The number of hydrogen-bond acceptors (Lipinski definition) is 5. The summed E-state index contributed by atoms with van der Waals surface area (Å²) in [6, 6.07) is 1.87. The standard InChI is InChI=1S/C21H32ClN5O2/c1-6-27-19(22)17(18(24-27)16-12-14(2)29-25-16)20(28)23-15-8-7-10-26(13-15)11-9-21(3,4)5/h12,15H,6-11,13H2,1-5H3,(H,23,28). The molecule has 0 radical (unpaired) electrons. The zero-order valence-electron chi connectivity index (χ0n) is 18.1. The summed E-state index contributed by atoms with van der Waals surface area (Å²) in [6.07, 6.45) is 3.18. The van der Waals surface area contributed by atoms with Crippen LogP contribution >= 0.6 is 11.6 Å². The number of hydrogen-bond donors (Lipinski definition) is 1. The minimum absolute atomic E-state index is 0.101. The lowest BCUT2D eigenvalue weighted by molar-refractivity contribution is 0.0898. The molecule has 3 rings (SSSR count). The molecule has 0 aliphatic carbocycles. The molecule has 0 spiro atoms. The Kier molecular flexibility index (Phi) is 6.69. The molecule has 1 atom stereocenters. The van der Waals surface area contributed by atoms with Gasteiger partial charge in [0.1, 0.15) is 27.9 Å². The molecule has 0 saturated carbocycles. The molecule has 1 unspecified atom stereocenters. The lowest BCUT2D eigenvalue weighted by Gasteiger charge is -2.34. The number of nitrogens with zero attached hydrogens (tertiary/aromatic N) is 4. The quantitative estimate of drug-likeness (QED) is 0.758. The van der Waals surface area contributed by atoms with Crippen molar-refractivity contribution in [2.24, 2.45) is 5.41 Å². The second kappa shape index (κ2) is 8.88. The van der Waals surface area contributed by atoms with Crippen molar-refractivity contribution < 1.29 is 9.32 Å². The van der Waals surface area contributed by atoms with Crippen LogP contribution in [0.1, 0.15) is 63.1 Å². The number of halogens is 1. The van der Waals surface area contributed by atoms with Gasteiger partial charge in [-0.1, -0.05) is 37.5 Å². The van der Waals surface area contributed by atoms with Crippen LogP contribution in [0.4, 0.5) is 0 Å². The van der Waals surface area contributed by atoms with Crippen LogP contribution in [0.25, 0.3) is 11.4 Å². The molecular formula is C21H32ClN5O2. The fraction of sp³-hybridized carbons (Fsp3) is 0.667. The third kappa shape index (κ3) is 5.39. The van der Waals surface area contributed by atoms with Crippen LogP contribution in [-0.2, 0) is 6.54 Å². The minimum Gasteiger partial charge on any atom is -0.361 e. The van der Waals surface area contributed by atoms with Gasteiger partial charge in [-0.3, -0.25) is 9.48 Å². The van der Waals surface area contributed by atoms with E-state index in [0.717, 1.165) is 38.9 Å². The van der Waals surface area contributed by atoms with Crippen molar-refractivity contribution in [1.29, 1.82) is 0 Å². The van der Waals surface area contributed by atoms with E-state index < -0.39 is 0 Å². The Bertz CT molecular complexity index is 852. The molecule has 7 nitrogen and oxygen atoms in total. The topological polar surface area (TPSA) is 76.2 Å². The van der Waals surface area contributed by atoms with Crippen LogP contribution in [-0.4, -0.2) is 51.4 Å². The molecule has 8 heteroatoms. The number of carbonyl (C=O) groups is 1. The van der Waals surface area contributed by atoms with E-state index >= 15 is 0 Å². The molecule has 1 amide bonds. The number of piperidine rings is 1. The lowest BCUT2D eigenvalue weighted by Crippen LogP contribution is -2.48. The zero-order chi connectivity index (χ0) is 21.2.